The molecular weight excluding hydrogens is 376 g/mol. The maximum Gasteiger partial charge on any atom is 0.155 e. The van der Waals surface area contributed by atoms with Crippen LogP contribution < -0.4 is 10.4 Å². The van der Waals surface area contributed by atoms with Gasteiger partial charge >= 0.3 is 0 Å². The lowest BCUT2D eigenvalue weighted by atomic mass is 9.76. The number of hydrogen-bond donors (Lipinski definition) is 2. The lowest BCUT2D eigenvalue weighted by Gasteiger charge is -2.41. The first-order valence-corrected chi connectivity index (χ1v) is 12.5. The van der Waals surface area contributed by atoms with Crippen molar-refractivity contribution in [2.45, 2.75) is 94.2 Å². The normalized spacial score (nSPS) is 14.2. The van der Waals surface area contributed by atoms with Gasteiger partial charge in [0, 0.05) is 0 Å². The van der Waals surface area contributed by atoms with Gasteiger partial charge in [-0.2, -0.15) is 0 Å². The van der Waals surface area contributed by atoms with E-state index in [0.717, 1.165) is 10.4 Å². The second-order valence-electron chi connectivity index (χ2n) is 12.5. The second kappa shape index (κ2) is 8.18. The minimum Gasteiger partial charge on any atom is -0.504 e. The number of phenolic OH excluding ortho intramolecular Hbond substituents is 2. The first kappa shape index (κ1) is 25.3. The van der Waals surface area contributed by atoms with Crippen LogP contribution in [0.2, 0.25) is 11.1 Å². The Labute approximate surface area is 179 Å². The smallest absolute Gasteiger partial charge is 0.155 e. The Hall–Kier alpha value is -0.746. The Kier molecular flexibility index (Phi) is 7.38. The van der Waals surface area contributed by atoms with Gasteiger partial charge in [-0.25, -0.2) is 0 Å². The summed E-state index contributed by atoms with van der Waals surface area (Å²) in [4.78, 5) is 0. The highest BCUT2D eigenvalue weighted by molar-refractivity contribution is 6.59. The monoisotopic (exact) mass is 418 g/mol. The molecule has 2 nitrogen and oxygen atoms in total. The molecule has 0 atom stereocenters. The molecule has 0 aliphatic rings. The first-order chi connectivity index (χ1) is 12.3. The van der Waals surface area contributed by atoms with Crippen LogP contribution in [0.3, 0.4) is 0 Å². The van der Waals surface area contributed by atoms with Crippen LogP contribution in [-0.4, -0.2) is 29.3 Å². The average molecular weight is 419 g/mol. The zero-order valence-corrected chi connectivity index (χ0v) is 22.2. The molecule has 0 aliphatic heterocycles. The fourth-order valence-corrected chi connectivity index (χ4v) is 7.81. The summed E-state index contributed by atoms with van der Waals surface area (Å²) in [6.45, 7) is 27.2. The maximum absolute atomic E-state index is 10.8. The van der Waals surface area contributed by atoms with Gasteiger partial charge in [-0.15, -0.1) is 0 Å². The lowest BCUT2D eigenvalue weighted by molar-refractivity contribution is 0.232. The summed E-state index contributed by atoms with van der Waals surface area (Å²) in [5.74, 6) is 0.173. The SMILES string of the molecule is CC(C)(C)C([Si]c1ccc([Si]C(C(C)(C)C)C(C)(C)C)c(O)c1O)C(C)(C)C. The zero-order valence-electron chi connectivity index (χ0n) is 20.2. The predicted octanol–water partition coefficient (Wildman–Crippen LogP) is 5.52. The average Bonchev–Trinajstić information content (AvgIpc) is 2.42. The van der Waals surface area contributed by atoms with E-state index in [4.69, 9.17) is 0 Å². The van der Waals surface area contributed by atoms with Gasteiger partial charge in [0.25, 0.3) is 0 Å². The third-order valence-electron chi connectivity index (χ3n) is 5.21. The van der Waals surface area contributed by atoms with Gasteiger partial charge in [-0.3, -0.25) is 0 Å². The molecule has 0 saturated heterocycles. The zero-order chi connectivity index (χ0) is 22.3. The van der Waals surface area contributed by atoms with E-state index in [1.54, 1.807) is 0 Å². The number of phenols is 2. The molecule has 0 aromatic heterocycles. The van der Waals surface area contributed by atoms with Crippen molar-refractivity contribution in [2.24, 2.45) is 21.7 Å². The molecule has 4 radical (unpaired) electrons. The topological polar surface area (TPSA) is 40.5 Å². The van der Waals surface area contributed by atoms with Crippen LogP contribution in [0.25, 0.3) is 0 Å². The Morgan fingerprint density at radius 3 is 0.929 bits per heavy atom. The van der Waals surface area contributed by atoms with Crippen LogP contribution in [-0.2, 0) is 0 Å². The molecule has 0 saturated carbocycles. The fourth-order valence-electron chi connectivity index (χ4n) is 4.59. The van der Waals surface area contributed by atoms with Crippen LogP contribution in [0.4, 0.5) is 0 Å². The second-order valence-corrected chi connectivity index (χ2v) is 15.3. The molecule has 0 amide bonds. The Morgan fingerprint density at radius 2 is 0.750 bits per heavy atom. The van der Waals surface area contributed by atoms with Crippen LogP contribution in [0.1, 0.15) is 83.1 Å². The molecule has 0 aliphatic carbocycles. The summed E-state index contributed by atoms with van der Waals surface area (Å²) in [6, 6.07) is 4.09. The third kappa shape index (κ3) is 6.38. The van der Waals surface area contributed by atoms with E-state index in [-0.39, 0.29) is 33.2 Å². The van der Waals surface area contributed by atoms with Crippen LogP contribution in [0.5, 0.6) is 11.5 Å². The molecule has 4 heteroatoms. The molecule has 1 rings (SSSR count). The summed E-state index contributed by atoms with van der Waals surface area (Å²) in [5, 5.41) is 23.4. The highest BCUT2D eigenvalue weighted by atomic mass is 28.2. The standard InChI is InChI=1S/C24H42O2Si2/c1-21(2,3)19(22(4,5)6)27-15-13-14-16(18(26)17(15)25)28-20(23(7,8)9)24(10,11)12/h13-14,19-20,25-26H,1-12H3. The first-order valence-electron chi connectivity index (χ1n) is 10.3. The molecule has 0 spiro atoms. The van der Waals surface area contributed by atoms with E-state index >= 15 is 0 Å². The molecular formula is C24H42O2Si2. The Bertz CT molecular complexity index is 581. The van der Waals surface area contributed by atoms with Crippen molar-refractivity contribution >= 4 is 29.4 Å². The van der Waals surface area contributed by atoms with Gasteiger partial charge in [0.05, 0.1) is 19.0 Å². The fraction of sp³-hybridized carbons (Fsp3) is 0.750. The number of rotatable bonds is 4. The summed E-state index contributed by atoms with van der Waals surface area (Å²) in [5.41, 5.74) is 1.34. The van der Waals surface area contributed by atoms with Gasteiger partial charge in [-0.1, -0.05) is 95.2 Å². The van der Waals surface area contributed by atoms with E-state index in [0.29, 0.717) is 30.1 Å². The number of hydrogen-bond acceptors (Lipinski definition) is 2. The Morgan fingerprint density at radius 1 is 0.536 bits per heavy atom. The van der Waals surface area contributed by atoms with Crippen molar-refractivity contribution in [3.8, 4) is 11.5 Å². The minimum absolute atomic E-state index is 0.0865. The predicted molar refractivity (Wildman–Crippen MR) is 126 cm³/mol. The van der Waals surface area contributed by atoms with Gasteiger partial charge in [-0.05, 0) is 43.1 Å². The van der Waals surface area contributed by atoms with Crippen molar-refractivity contribution in [1.82, 2.24) is 0 Å². The van der Waals surface area contributed by atoms with Crippen molar-refractivity contribution in [2.75, 3.05) is 0 Å². The lowest BCUT2D eigenvalue weighted by Crippen LogP contribution is -2.39. The minimum atomic E-state index is 0.0865. The summed E-state index contributed by atoms with van der Waals surface area (Å²) in [6.07, 6.45) is 0. The van der Waals surface area contributed by atoms with E-state index < -0.39 is 0 Å². The van der Waals surface area contributed by atoms with E-state index in [2.05, 4.69) is 83.1 Å². The molecule has 2 N–H and O–H groups in total. The molecule has 1 aromatic carbocycles. The Balaban J connectivity index is 3.27. The van der Waals surface area contributed by atoms with Gasteiger partial charge in [0.2, 0.25) is 0 Å². The highest BCUT2D eigenvalue weighted by Crippen LogP contribution is 2.46. The van der Waals surface area contributed by atoms with E-state index in [1.165, 1.54) is 0 Å². The molecule has 0 unspecified atom stereocenters. The van der Waals surface area contributed by atoms with Crippen molar-refractivity contribution in [1.29, 1.82) is 0 Å². The highest BCUT2D eigenvalue weighted by Gasteiger charge is 2.38. The van der Waals surface area contributed by atoms with Crippen LogP contribution >= 0.6 is 0 Å². The number of benzene rings is 1. The van der Waals surface area contributed by atoms with E-state index in [9.17, 15) is 10.2 Å². The summed E-state index contributed by atoms with van der Waals surface area (Å²) in [7, 11) is 0.914. The van der Waals surface area contributed by atoms with E-state index in [1.807, 2.05) is 12.1 Å². The molecule has 1 aromatic rings. The van der Waals surface area contributed by atoms with Crippen molar-refractivity contribution in [3.05, 3.63) is 12.1 Å². The maximum atomic E-state index is 10.8. The molecule has 0 bridgehead atoms. The molecule has 0 fully saturated rings. The summed E-state index contributed by atoms with van der Waals surface area (Å²) >= 11 is 0. The van der Waals surface area contributed by atoms with Crippen molar-refractivity contribution < 1.29 is 10.2 Å². The van der Waals surface area contributed by atoms with Gasteiger partial charge in [0.15, 0.2) is 11.5 Å². The van der Waals surface area contributed by atoms with Crippen LogP contribution in [0.15, 0.2) is 12.1 Å². The molecule has 158 valence electrons. The van der Waals surface area contributed by atoms with Crippen molar-refractivity contribution in [3.63, 3.8) is 0 Å². The largest absolute Gasteiger partial charge is 0.504 e. The quantitative estimate of drug-likeness (QED) is 0.499. The third-order valence-corrected chi connectivity index (χ3v) is 10.7. The number of aromatic hydroxyl groups is 2. The van der Waals surface area contributed by atoms with Gasteiger partial charge < -0.3 is 10.2 Å². The van der Waals surface area contributed by atoms with Crippen LogP contribution in [0, 0.1) is 21.7 Å². The molecule has 28 heavy (non-hydrogen) atoms. The summed E-state index contributed by atoms with van der Waals surface area (Å²) < 4.78 is 0. The molecule has 0 heterocycles. The van der Waals surface area contributed by atoms with Gasteiger partial charge in [0.1, 0.15) is 0 Å².